The number of anilines is 1. The first-order chi connectivity index (χ1) is 13.7. The van der Waals surface area contributed by atoms with Gasteiger partial charge in [-0.1, -0.05) is 36.4 Å². The van der Waals surface area contributed by atoms with Crippen LogP contribution in [0.2, 0.25) is 0 Å². The Labute approximate surface area is 167 Å². The van der Waals surface area contributed by atoms with Gasteiger partial charge < -0.3 is 15.0 Å². The molecule has 148 valence electrons. The molecule has 0 unspecified atom stereocenters. The largest absolute Gasteiger partial charge is 0.497 e. The lowest BCUT2D eigenvalue weighted by molar-refractivity contribution is -0.122. The molecule has 1 saturated heterocycles. The quantitative estimate of drug-likeness (QED) is 0.803. The Morgan fingerprint density at radius 2 is 1.79 bits per heavy atom. The molecule has 1 heterocycles. The topological polar surface area (TPSA) is 44.8 Å². The van der Waals surface area contributed by atoms with Gasteiger partial charge in [0, 0.05) is 49.9 Å². The first kappa shape index (κ1) is 18.8. The third-order valence-electron chi connectivity index (χ3n) is 6.02. The van der Waals surface area contributed by atoms with Crippen LogP contribution < -0.4 is 15.0 Å². The summed E-state index contributed by atoms with van der Waals surface area (Å²) in [5.41, 5.74) is 2.70. The lowest BCUT2D eigenvalue weighted by atomic mass is 9.96. The van der Waals surface area contributed by atoms with Crippen molar-refractivity contribution in [2.75, 3.05) is 51.3 Å². The number of piperazine rings is 1. The number of benzene rings is 2. The Bertz CT molecular complexity index is 797. The minimum atomic E-state index is 0.136. The summed E-state index contributed by atoms with van der Waals surface area (Å²) in [7, 11) is 1.69. The molecule has 2 aromatic rings. The average Bonchev–Trinajstić information content (AvgIpc) is 3.55. The van der Waals surface area contributed by atoms with Crippen molar-refractivity contribution in [1.82, 2.24) is 10.2 Å². The molecular weight excluding hydrogens is 350 g/mol. The van der Waals surface area contributed by atoms with E-state index in [-0.39, 0.29) is 11.3 Å². The van der Waals surface area contributed by atoms with Crippen molar-refractivity contribution in [3.63, 3.8) is 0 Å². The van der Waals surface area contributed by atoms with Crippen molar-refractivity contribution in [3.8, 4) is 5.75 Å². The summed E-state index contributed by atoms with van der Waals surface area (Å²) in [6.45, 7) is 4.88. The molecule has 1 saturated carbocycles. The number of rotatable bonds is 7. The average molecular weight is 380 g/mol. The maximum absolute atomic E-state index is 12.5. The van der Waals surface area contributed by atoms with Crippen LogP contribution >= 0.6 is 0 Å². The minimum absolute atomic E-state index is 0.136. The third-order valence-corrected chi connectivity index (χ3v) is 6.02. The molecule has 1 aliphatic carbocycles. The lowest BCUT2D eigenvalue weighted by Crippen LogP contribution is -2.50. The van der Waals surface area contributed by atoms with E-state index in [0.29, 0.717) is 6.54 Å². The van der Waals surface area contributed by atoms with Gasteiger partial charge in [-0.2, -0.15) is 0 Å². The van der Waals surface area contributed by atoms with Gasteiger partial charge in [0.05, 0.1) is 13.7 Å². The number of hydrogen-bond donors (Lipinski definition) is 1. The number of hydrogen-bond acceptors (Lipinski definition) is 4. The standard InChI is InChI=1S/C23H29N3O2/c1-28-21-9-5-8-20(16-21)26-14-12-25(13-15-26)17-22(27)24-18-23(10-11-23)19-6-3-2-4-7-19/h2-9,16H,10-15,17-18H2,1H3,(H,24,27). The van der Waals surface area contributed by atoms with E-state index in [4.69, 9.17) is 4.74 Å². The number of amides is 1. The van der Waals surface area contributed by atoms with Gasteiger partial charge in [0.25, 0.3) is 0 Å². The Balaban J connectivity index is 1.23. The Morgan fingerprint density at radius 3 is 2.46 bits per heavy atom. The SMILES string of the molecule is COc1cccc(N2CCN(CC(=O)NCC3(c4ccccc4)CC3)CC2)c1. The second kappa shape index (κ2) is 8.23. The highest BCUT2D eigenvalue weighted by Gasteiger charge is 2.44. The lowest BCUT2D eigenvalue weighted by Gasteiger charge is -2.35. The van der Waals surface area contributed by atoms with Crippen molar-refractivity contribution in [2.24, 2.45) is 0 Å². The maximum atomic E-state index is 12.5. The molecule has 1 amide bonds. The fourth-order valence-electron chi connectivity index (χ4n) is 4.01. The molecule has 0 atom stereocenters. The van der Waals surface area contributed by atoms with Crippen molar-refractivity contribution in [1.29, 1.82) is 0 Å². The Morgan fingerprint density at radius 1 is 1.04 bits per heavy atom. The van der Waals surface area contributed by atoms with Crippen LogP contribution in [0.25, 0.3) is 0 Å². The van der Waals surface area contributed by atoms with Crippen molar-refractivity contribution in [2.45, 2.75) is 18.3 Å². The highest BCUT2D eigenvalue weighted by molar-refractivity contribution is 5.78. The van der Waals surface area contributed by atoms with Crippen LogP contribution in [0, 0.1) is 0 Å². The predicted octanol–water partition coefficient (Wildman–Crippen LogP) is 2.67. The molecule has 2 aliphatic rings. The molecule has 28 heavy (non-hydrogen) atoms. The van der Waals surface area contributed by atoms with Gasteiger partial charge in [-0.25, -0.2) is 0 Å². The molecule has 1 N–H and O–H groups in total. The van der Waals surface area contributed by atoms with Crippen LogP contribution in [0.4, 0.5) is 5.69 Å². The highest BCUT2D eigenvalue weighted by atomic mass is 16.5. The number of methoxy groups -OCH3 is 1. The fraction of sp³-hybridized carbons (Fsp3) is 0.435. The van der Waals surface area contributed by atoms with Crippen molar-refractivity contribution < 1.29 is 9.53 Å². The number of nitrogens with zero attached hydrogens (tertiary/aromatic N) is 2. The number of carbonyl (C=O) groups is 1. The zero-order chi connectivity index (χ0) is 19.4. The van der Waals surface area contributed by atoms with E-state index in [1.807, 2.05) is 18.2 Å². The van der Waals surface area contributed by atoms with Crippen LogP contribution in [-0.2, 0) is 10.2 Å². The van der Waals surface area contributed by atoms with Gasteiger partial charge in [0.2, 0.25) is 5.91 Å². The van der Waals surface area contributed by atoms with Gasteiger partial charge in [-0.15, -0.1) is 0 Å². The fourth-order valence-corrected chi connectivity index (χ4v) is 4.01. The molecule has 0 aromatic heterocycles. The van der Waals surface area contributed by atoms with Crippen molar-refractivity contribution in [3.05, 3.63) is 60.2 Å². The molecule has 0 bridgehead atoms. The highest BCUT2D eigenvalue weighted by Crippen LogP contribution is 2.47. The summed E-state index contributed by atoms with van der Waals surface area (Å²) in [6.07, 6.45) is 2.33. The van der Waals surface area contributed by atoms with Gasteiger partial charge in [-0.3, -0.25) is 9.69 Å². The van der Waals surface area contributed by atoms with Crippen LogP contribution in [0.5, 0.6) is 5.75 Å². The first-order valence-corrected chi connectivity index (χ1v) is 10.1. The molecule has 1 aliphatic heterocycles. The monoisotopic (exact) mass is 379 g/mol. The number of carbonyl (C=O) groups excluding carboxylic acids is 1. The third kappa shape index (κ3) is 4.30. The molecule has 2 fully saturated rings. The maximum Gasteiger partial charge on any atom is 0.234 e. The Hall–Kier alpha value is -2.53. The molecule has 5 heteroatoms. The van der Waals surface area contributed by atoms with Gasteiger partial charge in [-0.05, 0) is 30.5 Å². The zero-order valence-electron chi connectivity index (χ0n) is 16.6. The van der Waals surface area contributed by atoms with Crippen LogP contribution in [0.3, 0.4) is 0 Å². The summed E-state index contributed by atoms with van der Waals surface area (Å²) in [5.74, 6) is 1.02. The van der Waals surface area contributed by atoms with E-state index in [1.54, 1.807) is 7.11 Å². The van der Waals surface area contributed by atoms with Crippen LogP contribution in [0.1, 0.15) is 18.4 Å². The minimum Gasteiger partial charge on any atom is -0.497 e. The second-order valence-electron chi connectivity index (χ2n) is 7.89. The molecule has 2 aromatic carbocycles. The number of nitrogens with one attached hydrogen (secondary N) is 1. The van der Waals surface area contributed by atoms with Crippen LogP contribution in [-0.4, -0.2) is 57.2 Å². The van der Waals surface area contributed by atoms with Gasteiger partial charge in [0.15, 0.2) is 0 Å². The van der Waals surface area contributed by atoms with E-state index in [1.165, 1.54) is 11.3 Å². The van der Waals surface area contributed by atoms with E-state index in [9.17, 15) is 4.79 Å². The van der Waals surface area contributed by atoms with Gasteiger partial charge >= 0.3 is 0 Å². The molecule has 0 radical (unpaired) electrons. The van der Waals surface area contributed by atoms with Crippen LogP contribution in [0.15, 0.2) is 54.6 Å². The number of ether oxygens (including phenoxy) is 1. The summed E-state index contributed by atoms with van der Waals surface area (Å²) in [4.78, 5) is 17.1. The van der Waals surface area contributed by atoms with E-state index >= 15 is 0 Å². The van der Waals surface area contributed by atoms with Gasteiger partial charge in [0.1, 0.15) is 5.75 Å². The summed E-state index contributed by atoms with van der Waals surface area (Å²) in [5, 5.41) is 3.18. The van der Waals surface area contributed by atoms with E-state index in [2.05, 4.69) is 51.5 Å². The summed E-state index contributed by atoms with van der Waals surface area (Å²) in [6, 6.07) is 18.7. The zero-order valence-corrected chi connectivity index (χ0v) is 16.6. The Kier molecular flexibility index (Phi) is 5.53. The predicted molar refractivity (Wildman–Crippen MR) is 112 cm³/mol. The normalized spacial score (nSPS) is 18.5. The molecule has 5 nitrogen and oxygen atoms in total. The second-order valence-corrected chi connectivity index (χ2v) is 7.89. The van der Waals surface area contributed by atoms with E-state index in [0.717, 1.165) is 51.3 Å². The molecule has 4 rings (SSSR count). The van der Waals surface area contributed by atoms with E-state index < -0.39 is 0 Å². The molecular formula is C23H29N3O2. The van der Waals surface area contributed by atoms with Crippen molar-refractivity contribution >= 4 is 11.6 Å². The smallest absolute Gasteiger partial charge is 0.234 e. The first-order valence-electron chi connectivity index (χ1n) is 10.1. The summed E-state index contributed by atoms with van der Waals surface area (Å²) >= 11 is 0. The molecule has 0 spiro atoms. The summed E-state index contributed by atoms with van der Waals surface area (Å²) < 4.78 is 5.32.